The maximum absolute atomic E-state index is 5.91. The van der Waals surface area contributed by atoms with Gasteiger partial charge in [0, 0.05) is 11.3 Å². The number of rotatable bonds is 5. The van der Waals surface area contributed by atoms with Crippen molar-refractivity contribution in [2.45, 2.75) is 43.7 Å². The monoisotopic (exact) mass is 356 g/mol. The van der Waals surface area contributed by atoms with Gasteiger partial charge in [-0.2, -0.15) is 0 Å². The molecule has 0 radical (unpaired) electrons. The average Bonchev–Trinajstić information content (AvgIpc) is 3.08. The van der Waals surface area contributed by atoms with Crippen LogP contribution in [0.4, 0.5) is 0 Å². The fourth-order valence-corrected chi connectivity index (χ4v) is 6.82. The minimum atomic E-state index is 0.536. The lowest BCUT2D eigenvalue weighted by Crippen LogP contribution is -2.47. The van der Waals surface area contributed by atoms with Gasteiger partial charge in [-0.1, -0.05) is 11.8 Å². The first-order valence-corrected chi connectivity index (χ1v) is 10.3. The van der Waals surface area contributed by atoms with Crippen molar-refractivity contribution in [2.75, 3.05) is 12.9 Å². The van der Waals surface area contributed by atoms with Crippen molar-refractivity contribution in [3.63, 3.8) is 0 Å². The summed E-state index contributed by atoms with van der Waals surface area (Å²) < 4.78 is 11.1. The Bertz CT molecular complexity index is 720. The molecule has 5 heteroatoms. The van der Waals surface area contributed by atoms with Crippen LogP contribution in [0.5, 0.6) is 5.75 Å². The number of benzene rings is 1. The van der Waals surface area contributed by atoms with Crippen LogP contribution in [0.2, 0.25) is 0 Å². The maximum atomic E-state index is 5.91. The van der Waals surface area contributed by atoms with Crippen LogP contribution in [0.25, 0.3) is 11.5 Å². The first-order valence-electron chi connectivity index (χ1n) is 9.32. The van der Waals surface area contributed by atoms with Gasteiger partial charge in [0.05, 0.1) is 7.11 Å². The molecule has 1 aromatic carbocycles. The zero-order valence-corrected chi connectivity index (χ0v) is 15.4. The molecule has 132 valence electrons. The molecular weight excluding hydrogens is 332 g/mol. The van der Waals surface area contributed by atoms with Crippen LogP contribution in [0.3, 0.4) is 0 Å². The topological polar surface area (TPSA) is 48.2 Å². The molecule has 4 bridgehead atoms. The van der Waals surface area contributed by atoms with Gasteiger partial charge in [0.25, 0.3) is 5.22 Å². The van der Waals surface area contributed by atoms with Crippen molar-refractivity contribution < 1.29 is 9.15 Å². The number of hydrogen-bond acceptors (Lipinski definition) is 5. The number of hydrogen-bond donors (Lipinski definition) is 0. The zero-order valence-electron chi connectivity index (χ0n) is 14.6. The van der Waals surface area contributed by atoms with Crippen LogP contribution in [0.15, 0.2) is 33.9 Å². The third-order valence-corrected chi connectivity index (χ3v) is 7.58. The molecule has 4 aliphatic rings. The Morgan fingerprint density at radius 3 is 2.28 bits per heavy atom. The van der Waals surface area contributed by atoms with Gasteiger partial charge in [-0.05, 0) is 86.0 Å². The number of aromatic nitrogens is 2. The Morgan fingerprint density at radius 2 is 1.68 bits per heavy atom. The molecule has 1 heterocycles. The normalized spacial score (nSPS) is 32.9. The van der Waals surface area contributed by atoms with Crippen molar-refractivity contribution >= 4 is 11.8 Å². The summed E-state index contributed by atoms with van der Waals surface area (Å²) >= 11 is 1.77. The van der Waals surface area contributed by atoms with Crippen LogP contribution < -0.4 is 4.74 Å². The Balaban J connectivity index is 1.27. The quantitative estimate of drug-likeness (QED) is 0.701. The number of methoxy groups -OCH3 is 1. The highest BCUT2D eigenvalue weighted by Crippen LogP contribution is 2.61. The molecule has 0 unspecified atom stereocenters. The standard InChI is InChI=1S/C20H24N2O2S/c1-23-17-4-2-16(3-5-17)18-21-22-19(24-18)25-12-20-9-13-6-14(10-20)8-15(7-13)11-20/h2-5,13-15H,6-12H2,1H3. The second kappa shape index (κ2) is 6.04. The molecule has 0 aliphatic heterocycles. The first kappa shape index (κ1) is 15.7. The van der Waals surface area contributed by atoms with E-state index in [1.54, 1.807) is 18.9 Å². The molecule has 0 amide bonds. The van der Waals surface area contributed by atoms with Gasteiger partial charge >= 0.3 is 0 Å². The molecule has 6 rings (SSSR count). The Hall–Kier alpha value is -1.49. The predicted octanol–water partition coefficient (Wildman–Crippen LogP) is 5.05. The van der Waals surface area contributed by atoms with Crippen LogP contribution in [-0.2, 0) is 0 Å². The van der Waals surface area contributed by atoms with Gasteiger partial charge in [0.1, 0.15) is 5.75 Å². The maximum Gasteiger partial charge on any atom is 0.276 e. The van der Waals surface area contributed by atoms with E-state index in [-0.39, 0.29) is 0 Å². The lowest BCUT2D eigenvalue weighted by Gasteiger charge is -2.56. The van der Waals surface area contributed by atoms with Crippen LogP contribution in [0.1, 0.15) is 38.5 Å². The molecule has 4 saturated carbocycles. The molecule has 25 heavy (non-hydrogen) atoms. The predicted molar refractivity (Wildman–Crippen MR) is 97.6 cm³/mol. The Kier molecular flexibility index (Phi) is 3.81. The molecule has 0 saturated heterocycles. The second-order valence-corrected chi connectivity index (χ2v) is 9.23. The zero-order chi connectivity index (χ0) is 16.9. The van der Waals surface area contributed by atoms with E-state index in [4.69, 9.17) is 9.15 Å². The van der Waals surface area contributed by atoms with E-state index in [0.29, 0.717) is 16.5 Å². The lowest BCUT2D eigenvalue weighted by atomic mass is 9.50. The lowest BCUT2D eigenvalue weighted by molar-refractivity contribution is -0.0382. The SMILES string of the molecule is COc1ccc(-c2nnc(SCC34CC5CC(CC(C5)C3)C4)o2)cc1. The largest absolute Gasteiger partial charge is 0.497 e. The first-order chi connectivity index (χ1) is 12.2. The van der Waals surface area contributed by atoms with Gasteiger partial charge in [-0.15, -0.1) is 10.2 Å². The third-order valence-electron chi connectivity index (χ3n) is 6.41. The highest BCUT2D eigenvalue weighted by molar-refractivity contribution is 7.99. The minimum Gasteiger partial charge on any atom is -0.497 e. The van der Waals surface area contributed by atoms with Gasteiger partial charge in [-0.25, -0.2) is 0 Å². The second-order valence-electron chi connectivity index (χ2n) is 8.31. The van der Waals surface area contributed by atoms with E-state index in [9.17, 15) is 0 Å². The van der Waals surface area contributed by atoms with Crippen LogP contribution >= 0.6 is 11.8 Å². The molecule has 4 nitrogen and oxygen atoms in total. The smallest absolute Gasteiger partial charge is 0.276 e. The van der Waals surface area contributed by atoms with Gasteiger partial charge in [-0.3, -0.25) is 0 Å². The van der Waals surface area contributed by atoms with Crippen LogP contribution in [-0.4, -0.2) is 23.1 Å². The molecule has 4 fully saturated rings. The summed E-state index contributed by atoms with van der Waals surface area (Å²) in [4.78, 5) is 0. The summed E-state index contributed by atoms with van der Waals surface area (Å²) in [7, 11) is 1.67. The number of thioether (sulfide) groups is 1. The van der Waals surface area contributed by atoms with E-state index >= 15 is 0 Å². The van der Waals surface area contributed by atoms with E-state index in [2.05, 4.69) is 10.2 Å². The highest BCUT2D eigenvalue weighted by atomic mass is 32.2. The summed E-state index contributed by atoms with van der Waals surface area (Å²) in [5.74, 6) is 5.54. The number of ether oxygens (including phenoxy) is 1. The van der Waals surface area contributed by atoms with Gasteiger partial charge < -0.3 is 9.15 Å². The van der Waals surface area contributed by atoms with Gasteiger partial charge in [0.2, 0.25) is 5.89 Å². The van der Waals surface area contributed by atoms with Crippen molar-refractivity contribution in [3.8, 4) is 17.2 Å². The van der Waals surface area contributed by atoms with Gasteiger partial charge in [0.15, 0.2) is 0 Å². The van der Waals surface area contributed by atoms with Crippen molar-refractivity contribution in [3.05, 3.63) is 24.3 Å². The fraction of sp³-hybridized carbons (Fsp3) is 0.600. The summed E-state index contributed by atoms with van der Waals surface area (Å²) in [6.07, 6.45) is 8.74. The molecule has 0 spiro atoms. The third kappa shape index (κ3) is 2.97. The fourth-order valence-electron chi connectivity index (χ4n) is 5.80. The summed E-state index contributed by atoms with van der Waals surface area (Å²) in [6, 6.07) is 7.75. The Labute approximate surface area is 152 Å². The van der Waals surface area contributed by atoms with E-state index in [0.717, 1.165) is 34.8 Å². The van der Waals surface area contributed by atoms with Crippen molar-refractivity contribution in [1.82, 2.24) is 10.2 Å². The molecule has 1 aromatic heterocycles. The van der Waals surface area contributed by atoms with Crippen LogP contribution in [0, 0.1) is 23.2 Å². The molecular formula is C20H24N2O2S. The molecule has 0 atom stereocenters. The van der Waals surface area contributed by atoms with E-state index in [1.807, 2.05) is 24.3 Å². The Morgan fingerprint density at radius 1 is 1.04 bits per heavy atom. The molecule has 2 aromatic rings. The molecule has 4 aliphatic carbocycles. The van der Waals surface area contributed by atoms with Crippen molar-refractivity contribution in [1.29, 1.82) is 0 Å². The summed E-state index contributed by atoms with van der Waals surface area (Å²) in [5, 5.41) is 9.21. The average molecular weight is 356 g/mol. The van der Waals surface area contributed by atoms with E-state index < -0.39 is 0 Å². The van der Waals surface area contributed by atoms with E-state index in [1.165, 1.54) is 38.5 Å². The summed E-state index contributed by atoms with van der Waals surface area (Å²) in [5.41, 5.74) is 1.48. The summed E-state index contributed by atoms with van der Waals surface area (Å²) in [6.45, 7) is 0. The van der Waals surface area contributed by atoms with Crippen molar-refractivity contribution in [2.24, 2.45) is 23.2 Å². The highest BCUT2D eigenvalue weighted by Gasteiger charge is 2.50. The molecule has 0 N–H and O–H groups in total. The minimum absolute atomic E-state index is 0.536. The number of nitrogens with zero attached hydrogens (tertiary/aromatic N) is 2.